The summed E-state index contributed by atoms with van der Waals surface area (Å²) in [4.78, 5) is 2.52. The van der Waals surface area contributed by atoms with Gasteiger partial charge in [0.25, 0.3) is 0 Å². The molecule has 2 rings (SSSR count). The molecule has 0 radical (unpaired) electrons. The zero-order chi connectivity index (χ0) is 14.9. The summed E-state index contributed by atoms with van der Waals surface area (Å²) in [7, 11) is 0. The van der Waals surface area contributed by atoms with Gasteiger partial charge in [-0.3, -0.25) is 10.3 Å². The molecule has 0 atom stereocenters. The fourth-order valence-corrected chi connectivity index (χ4v) is 2.72. The van der Waals surface area contributed by atoms with E-state index in [-0.39, 0.29) is 5.84 Å². The molecule has 1 aliphatic heterocycles. The Kier molecular flexibility index (Phi) is 6.54. The van der Waals surface area contributed by atoms with Crippen LogP contribution in [0.15, 0.2) is 24.3 Å². The number of nitrogens with zero attached hydrogens (tertiary/aromatic N) is 1. The Bertz CT molecular complexity index is 441. The predicted molar refractivity (Wildman–Crippen MR) is 86.8 cm³/mol. The summed E-state index contributed by atoms with van der Waals surface area (Å²) < 4.78 is 5.79. The van der Waals surface area contributed by atoms with Crippen LogP contribution in [0.4, 0.5) is 0 Å². The predicted octanol–water partition coefficient (Wildman–Crippen LogP) is 3.16. The van der Waals surface area contributed by atoms with Crippen LogP contribution in [0.2, 0.25) is 0 Å². The number of hydrogen-bond donors (Lipinski definition) is 2. The third-order valence-corrected chi connectivity index (χ3v) is 3.86. The number of amidine groups is 1. The number of benzene rings is 1. The topological polar surface area (TPSA) is 62.3 Å². The lowest BCUT2D eigenvalue weighted by Crippen LogP contribution is -2.29. The van der Waals surface area contributed by atoms with Gasteiger partial charge in [0.1, 0.15) is 5.75 Å². The van der Waals surface area contributed by atoms with Crippen LogP contribution in [0, 0.1) is 5.41 Å². The molecule has 1 fully saturated rings. The highest BCUT2D eigenvalue weighted by molar-refractivity contribution is 5.76. The summed E-state index contributed by atoms with van der Waals surface area (Å²) in [5.41, 5.74) is 6.66. The van der Waals surface area contributed by atoms with Crippen LogP contribution in [0.1, 0.15) is 44.1 Å². The maximum Gasteiger partial charge on any atom is 0.119 e. The largest absolute Gasteiger partial charge is 0.494 e. The number of piperidine rings is 1. The van der Waals surface area contributed by atoms with Gasteiger partial charge in [0.05, 0.1) is 12.4 Å². The van der Waals surface area contributed by atoms with Crippen molar-refractivity contribution in [2.75, 3.05) is 19.7 Å². The monoisotopic (exact) mass is 289 g/mol. The Labute approximate surface area is 127 Å². The Morgan fingerprint density at radius 2 is 2.00 bits per heavy atom. The molecule has 0 unspecified atom stereocenters. The minimum atomic E-state index is 0.263. The van der Waals surface area contributed by atoms with Crippen LogP contribution in [0.25, 0.3) is 0 Å². The molecule has 116 valence electrons. The van der Waals surface area contributed by atoms with Gasteiger partial charge in [-0.1, -0.05) is 18.6 Å². The summed E-state index contributed by atoms with van der Waals surface area (Å²) in [5.74, 6) is 1.21. The van der Waals surface area contributed by atoms with Gasteiger partial charge in [0.2, 0.25) is 0 Å². The van der Waals surface area contributed by atoms with E-state index in [1.165, 1.54) is 37.9 Å². The molecule has 0 bridgehead atoms. The second-order valence-electron chi connectivity index (χ2n) is 5.82. The molecule has 3 N–H and O–H groups in total. The van der Waals surface area contributed by atoms with Crippen molar-refractivity contribution in [3.63, 3.8) is 0 Å². The molecule has 0 saturated carbocycles. The highest BCUT2D eigenvalue weighted by atomic mass is 16.5. The van der Waals surface area contributed by atoms with E-state index in [9.17, 15) is 0 Å². The number of nitrogens with two attached hydrogens (primary N) is 1. The second-order valence-corrected chi connectivity index (χ2v) is 5.82. The highest BCUT2D eigenvalue weighted by Gasteiger charge is 2.10. The van der Waals surface area contributed by atoms with Crippen LogP contribution in [0.3, 0.4) is 0 Å². The zero-order valence-electron chi connectivity index (χ0n) is 12.8. The Hall–Kier alpha value is -1.55. The molecule has 21 heavy (non-hydrogen) atoms. The molecule has 1 aliphatic rings. The minimum Gasteiger partial charge on any atom is -0.494 e. The summed E-state index contributed by atoms with van der Waals surface area (Å²) in [6.45, 7) is 4.16. The van der Waals surface area contributed by atoms with Crippen molar-refractivity contribution in [2.45, 2.75) is 45.1 Å². The second kappa shape index (κ2) is 8.67. The van der Waals surface area contributed by atoms with E-state index >= 15 is 0 Å². The number of likely N-dealkylation sites (tertiary alicyclic amines) is 1. The van der Waals surface area contributed by atoms with E-state index in [1.54, 1.807) is 0 Å². The quantitative estimate of drug-likeness (QED) is 0.439. The lowest BCUT2D eigenvalue weighted by Gasteiger charge is -2.26. The molecular weight excluding hydrogens is 262 g/mol. The SMILES string of the molecule is N=C(N)CCCCOc1cccc(CN2CCCCC2)c1. The first-order chi connectivity index (χ1) is 10.2. The minimum absolute atomic E-state index is 0.263. The van der Waals surface area contributed by atoms with Crippen molar-refractivity contribution in [1.82, 2.24) is 4.90 Å². The molecule has 0 aliphatic carbocycles. The zero-order valence-corrected chi connectivity index (χ0v) is 12.8. The number of ether oxygens (including phenoxy) is 1. The molecule has 1 saturated heterocycles. The van der Waals surface area contributed by atoms with Gasteiger partial charge in [0, 0.05) is 13.0 Å². The Morgan fingerprint density at radius 1 is 1.19 bits per heavy atom. The summed E-state index contributed by atoms with van der Waals surface area (Å²) in [6.07, 6.45) is 6.55. The van der Waals surface area contributed by atoms with Crippen LogP contribution >= 0.6 is 0 Å². The Morgan fingerprint density at radius 3 is 2.76 bits per heavy atom. The summed E-state index contributed by atoms with van der Waals surface area (Å²) in [6, 6.07) is 8.42. The van der Waals surface area contributed by atoms with E-state index in [2.05, 4.69) is 23.1 Å². The normalized spacial score (nSPS) is 15.8. The molecule has 0 amide bonds. The first-order valence-corrected chi connectivity index (χ1v) is 8.01. The van der Waals surface area contributed by atoms with E-state index in [0.717, 1.165) is 25.1 Å². The summed E-state index contributed by atoms with van der Waals surface area (Å²) >= 11 is 0. The molecule has 4 heteroatoms. The third kappa shape index (κ3) is 6.17. The van der Waals surface area contributed by atoms with Gasteiger partial charge < -0.3 is 10.5 Å². The maximum absolute atomic E-state index is 7.18. The first-order valence-electron chi connectivity index (χ1n) is 8.01. The van der Waals surface area contributed by atoms with E-state index in [4.69, 9.17) is 15.9 Å². The third-order valence-electron chi connectivity index (χ3n) is 3.86. The van der Waals surface area contributed by atoms with Crippen molar-refractivity contribution in [3.05, 3.63) is 29.8 Å². The molecule has 0 aromatic heterocycles. The van der Waals surface area contributed by atoms with E-state index in [1.807, 2.05) is 6.07 Å². The maximum atomic E-state index is 7.18. The van der Waals surface area contributed by atoms with Gasteiger partial charge >= 0.3 is 0 Å². The van der Waals surface area contributed by atoms with Crippen molar-refractivity contribution in [1.29, 1.82) is 5.41 Å². The summed E-state index contributed by atoms with van der Waals surface area (Å²) in [5, 5.41) is 7.18. The van der Waals surface area contributed by atoms with Crippen molar-refractivity contribution in [3.8, 4) is 5.75 Å². The van der Waals surface area contributed by atoms with E-state index < -0.39 is 0 Å². The van der Waals surface area contributed by atoms with Crippen molar-refractivity contribution in [2.24, 2.45) is 5.73 Å². The number of nitrogens with one attached hydrogen (secondary N) is 1. The average Bonchev–Trinajstić information content (AvgIpc) is 2.48. The molecular formula is C17H27N3O. The Balaban J connectivity index is 1.73. The lowest BCUT2D eigenvalue weighted by molar-refractivity contribution is 0.220. The average molecular weight is 289 g/mol. The number of unbranched alkanes of at least 4 members (excludes halogenated alkanes) is 1. The van der Waals surface area contributed by atoms with Gasteiger partial charge in [0.15, 0.2) is 0 Å². The van der Waals surface area contributed by atoms with Gasteiger partial charge in [-0.05, 0) is 56.5 Å². The highest BCUT2D eigenvalue weighted by Crippen LogP contribution is 2.17. The standard InChI is InChI=1S/C17H27N3O/c18-17(19)9-2-5-12-21-16-8-6-7-15(13-16)14-20-10-3-1-4-11-20/h6-8,13H,1-5,9-12,14H2,(H3,18,19). The van der Waals surface area contributed by atoms with Crippen LogP contribution in [-0.4, -0.2) is 30.4 Å². The van der Waals surface area contributed by atoms with Gasteiger partial charge in [-0.2, -0.15) is 0 Å². The number of hydrogen-bond acceptors (Lipinski definition) is 3. The van der Waals surface area contributed by atoms with Gasteiger partial charge in [-0.25, -0.2) is 0 Å². The van der Waals surface area contributed by atoms with Crippen molar-refractivity contribution < 1.29 is 4.74 Å². The molecule has 4 nitrogen and oxygen atoms in total. The molecule has 0 spiro atoms. The fourth-order valence-electron chi connectivity index (χ4n) is 2.72. The fraction of sp³-hybridized carbons (Fsp3) is 0.588. The first kappa shape index (κ1) is 15.8. The van der Waals surface area contributed by atoms with Crippen LogP contribution in [-0.2, 0) is 6.54 Å². The smallest absolute Gasteiger partial charge is 0.119 e. The molecule has 1 aromatic rings. The van der Waals surface area contributed by atoms with Gasteiger partial charge in [-0.15, -0.1) is 0 Å². The van der Waals surface area contributed by atoms with E-state index in [0.29, 0.717) is 13.0 Å². The van der Waals surface area contributed by atoms with Crippen LogP contribution < -0.4 is 10.5 Å². The lowest BCUT2D eigenvalue weighted by atomic mass is 10.1. The number of rotatable bonds is 8. The molecule has 1 heterocycles. The van der Waals surface area contributed by atoms with Crippen LogP contribution in [0.5, 0.6) is 5.75 Å². The molecule has 1 aromatic carbocycles. The van der Waals surface area contributed by atoms with Crippen molar-refractivity contribution >= 4 is 5.84 Å².